The Hall–Kier alpha value is -0.390. The topological polar surface area (TPSA) is 34.9 Å². The van der Waals surface area contributed by atoms with Gasteiger partial charge in [-0.05, 0) is 36.4 Å². The number of hydrogen-bond donors (Lipinski definition) is 0. The number of carbonyl (C=O) groups excluding carboxylic acids is 1. The van der Waals surface area contributed by atoms with Crippen molar-refractivity contribution in [2.75, 3.05) is 0 Å². The van der Waals surface area contributed by atoms with E-state index >= 15 is 0 Å². The van der Waals surface area contributed by atoms with Crippen molar-refractivity contribution in [1.29, 1.82) is 0 Å². The van der Waals surface area contributed by atoms with Crippen molar-refractivity contribution < 1.29 is 4.79 Å². The number of nitrogens with zero attached hydrogens (tertiary/aromatic N) is 2. The van der Waals surface area contributed by atoms with Crippen molar-refractivity contribution in [2.45, 2.75) is 19.9 Å². The molecule has 11 heavy (non-hydrogen) atoms. The molecule has 0 atom stereocenters. The summed E-state index contributed by atoms with van der Waals surface area (Å²) < 4.78 is 2.55. The number of halogens is 1. The zero-order valence-electron chi connectivity index (χ0n) is 6.41. The third kappa shape index (κ3) is 1.79. The van der Waals surface area contributed by atoms with Gasteiger partial charge in [-0.2, -0.15) is 5.10 Å². The van der Waals surface area contributed by atoms with E-state index in [9.17, 15) is 4.79 Å². The van der Waals surface area contributed by atoms with Gasteiger partial charge in [0.1, 0.15) is 3.70 Å². The van der Waals surface area contributed by atoms with Gasteiger partial charge in [0.2, 0.25) is 0 Å². The first-order valence-electron chi connectivity index (χ1n) is 3.35. The van der Waals surface area contributed by atoms with Crippen LogP contribution >= 0.6 is 22.6 Å². The molecule has 60 valence electrons. The number of hydrogen-bond acceptors (Lipinski definition) is 2. The molecular formula is C7H9IN2O. The highest BCUT2D eigenvalue weighted by atomic mass is 127. The molecular weight excluding hydrogens is 255 g/mol. The Morgan fingerprint density at radius 1 is 1.73 bits per heavy atom. The van der Waals surface area contributed by atoms with Gasteiger partial charge in [0.05, 0.1) is 5.56 Å². The quantitative estimate of drug-likeness (QED) is 0.603. The molecule has 1 aromatic rings. The van der Waals surface area contributed by atoms with Crippen LogP contribution in [0.3, 0.4) is 0 Å². The van der Waals surface area contributed by atoms with E-state index in [1.54, 1.807) is 10.9 Å². The molecule has 0 bridgehead atoms. The van der Waals surface area contributed by atoms with Gasteiger partial charge in [0, 0.05) is 12.2 Å². The third-order valence-corrected chi connectivity index (χ3v) is 2.21. The third-order valence-electron chi connectivity index (χ3n) is 1.37. The highest BCUT2D eigenvalue weighted by Gasteiger charge is 2.05. The first-order valence-corrected chi connectivity index (χ1v) is 4.43. The summed E-state index contributed by atoms with van der Waals surface area (Å²) in [6, 6.07) is 0.317. The average Bonchev–Trinajstić information content (AvgIpc) is 2.31. The highest BCUT2D eigenvalue weighted by molar-refractivity contribution is 14.1. The Bertz CT molecular complexity index is 267. The Kier molecular flexibility index (Phi) is 2.64. The van der Waals surface area contributed by atoms with Gasteiger partial charge in [-0.25, -0.2) is 0 Å². The van der Waals surface area contributed by atoms with Crippen LogP contribution in [0.15, 0.2) is 6.20 Å². The van der Waals surface area contributed by atoms with Crippen LogP contribution in [0.25, 0.3) is 0 Å². The molecule has 0 N–H and O–H groups in total. The molecule has 0 aliphatic heterocycles. The normalized spacial score (nSPS) is 10.5. The summed E-state index contributed by atoms with van der Waals surface area (Å²) >= 11 is 2.05. The van der Waals surface area contributed by atoms with Crippen molar-refractivity contribution in [3.05, 3.63) is 15.5 Å². The fourth-order valence-electron chi connectivity index (χ4n) is 0.727. The molecule has 4 heteroatoms. The standard InChI is InChI=1S/C7H9IN2O/c1-5(2)10-3-6(4-11)7(8)9-10/h3-5H,1-2H3. The van der Waals surface area contributed by atoms with E-state index in [4.69, 9.17) is 0 Å². The summed E-state index contributed by atoms with van der Waals surface area (Å²) in [6.45, 7) is 4.05. The summed E-state index contributed by atoms with van der Waals surface area (Å²) in [5, 5.41) is 4.15. The zero-order chi connectivity index (χ0) is 8.43. The summed E-state index contributed by atoms with van der Waals surface area (Å²) in [5.41, 5.74) is 0.666. The second kappa shape index (κ2) is 3.34. The van der Waals surface area contributed by atoms with Gasteiger partial charge in [0.15, 0.2) is 6.29 Å². The Balaban J connectivity index is 3.04. The maximum absolute atomic E-state index is 10.4. The maximum atomic E-state index is 10.4. The molecule has 0 aromatic carbocycles. The smallest absolute Gasteiger partial charge is 0.154 e. The summed E-state index contributed by atoms with van der Waals surface area (Å²) in [5.74, 6) is 0. The molecule has 0 unspecified atom stereocenters. The van der Waals surface area contributed by atoms with E-state index in [1.165, 1.54) is 0 Å². The first-order chi connectivity index (χ1) is 5.15. The molecule has 3 nitrogen and oxygen atoms in total. The molecule has 1 aromatic heterocycles. The van der Waals surface area contributed by atoms with Crippen LogP contribution in [0, 0.1) is 3.70 Å². The number of aldehydes is 1. The van der Waals surface area contributed by atoms with Crippen LogP contribution < -0.4 is 0 Å². The van der Waals surface area contributed by atoms with E-state index in [1.807, 2.05) is 13.8 Å². The average molecular weight is 264 g/mol. The zero-order valence-corrected chi connectivity index (χ0v) is 8.57. The minimum atomic E-state index is 0.317. The van der Waals surface area contributed by atoms with Crippen molar-refractivity contribution in [2.24, 2.45) is 0 Å². The van der Waals surface area contributed by atoms with Crippen LogP contribution in [0.4, 0.5) is 0 Å². The predicted octanol–water partition coefficient (Wildman–Crippen LogP) is 1.88. The summed E-state index contributed by atoms with van der Waals surface area (Å²) in [4.78, 5) is 10.4. The van der Waals surface area contributed by atoms with Gasteiger partial charge >= 0.3 is 0 Å². The predicted molar refractivity (Wildman–Crippen MR) is 50.7 cm³/mol. The van der Waals surface area contributed by atoms with E-state index in [-0.39, 0.29) is 0 Å². The fourth-order valence-corrected chi connectivity index (χ4v) is 1.24. The SMILES string of the molecule is CC(C)n1cc(C=O)c(I)n1. The maximum Gasteiger partial charge on any atom is 0.154 e. The first kappa shape index (κ1) is 8.70. The van der Waals surface area contributed by atoms with Crippen LogP contribution in [0.1, 0.15) is 30.2 Å². The number of rotatable bonds is 2. The summed E-state index contributed by atoms with van der Waals surface area (Å²) in [6.07, 6.45) is 2.59. The Morgan fingerprint density at radius 3 is 2.64 bits per heavy atom. The molecule has 0 spiro atoms. The summed E-state index contributed by atoms with van der Waals surface area (Å²) in [7, 11) is 0. The molecule has 1 heterocycles. The van der Waals surface area contributed by atoms with Crippen molar-refractivity contribution in [1.82, 2.24) is 9.78 Å². The van der Waals surface area contributed by atoms with Gasteiger partial charge in [0.25, 0.3) is 0 Å². The van der Waals surface area contributed by atoms with E-state index in [0.717, 1.165) is 9.99 Å². The fraction of sp³-hybridized carbons (Fsp3) is 0.429. The largest absolute Gasteiger partial charge is 0.298 e. The highest BCUT2D eigenvalue weighted by Crippen LogP contribution is 2.10. The molecule has 0 saturated carbocycles. The lowest BCUT2D eigenvalue weighted by molar-refractivity contribution is 0.112. The van der Waals surface area contributed by atoms with Gasteiger partial charge in [-0.3, -0.25) is 9.48 Å². The van der Waals surface area contributed by atoms with Crippen molar-refractivity contribution in [3.63, 3.8) is 0 Å². The van der Waals surface area contributed by atoms with E-state index in [0.29, 0.717) is 11.6 Å². The van der Waals surface area contributed by atoms with Crippen LogP contribution in [-0.4, -0.2) is 16.1 Å². The Morgan fingerprint density at radius 2 is 2.36 bits per heavy atom. The molecule has 1 rings (SSSR count). The van der Waals surface area contributed by atoms with Gasteiger partial charge in [-0.1, -0.05) is 0 Å². The lowest BCUT2D eigenvalue weighted by Crippen LogP contribution is -2.00. The number of aromatic nitrogens is 2. The van der Waals surface area contributed by atoms with Gasteiger partial charge < -0.3 is 0 Å². The number of carbonyl (C=O) groups is 1. The van der Waals surface area contributed by atoms with Gasteiger partial charge in [-0.15, -0.1) is 0 Å². The van der Waals surface area contributed by atoms with Crippen molar-refractivity contribution >= 4 is 28.9 Å². The van der Waals surface area contributed by atoms with Crippen LogP contribution in [0.5, 0.6) is 0 Å². The molecule has 0 saturated heterocycles. The second-order valence-corrected chi connectivity index (χ2v) is 3.59. The monoisotopic (exact) mass is 264 g/mol. The lowest BCUT2D eigenvalue weighted by atomic mass is 10.4. The van der Waals surface area contributed by atoms with Crippen molar-refractivity contribution in [3.8, 4) is 0 Å². The van der Waals surface area contributed by atoms with Crippen LogP contribution in [-0.2, 0) is 0 Å². The molecule has 0 amide bonds. The minimum absolute atomic E-state index is 0.317. The Labute approximate surface area is 78.9 Å². The van der Waals surface area contributed by atoms with E-state index in [2.05, 4.69) is 27.7 Å². The lowest BCUT2D eigenvalue weighted by Gasteiger charge is -2.02. The molecule has 0 fully saturated rings. The molecule has 0 aliphatic carbocycles. The molecule has 0 aliphatic rings. The van der Waals surface area contributed by atoms with Crippen LogP contribution in [0.2, 0.25) is 0 Å². The van der Waals surface area contributed by atoms with E-state index < -0.39 is 0 Å². The molecule has 0 radical (unpaired) electrons. The second-order valence-electron chi connectivity index (χ2n) is 2.57. The minimum Gasteiger partial charge on any atom is -0.298 e.